The number of carboxylic acids is 1. The van der Waals surface area contributed by atoms with E-state index >= 15 is 0 Å². The molecule has 2 aliphatic heterocycles. The Morgan fingerprint density at radius 2 is 2.22 bits per heavy atom. The number of likely N-dealkylation sites (tertiary alicyclic amines) is 1. The number of hydrogen-bond acceptors (Lipinski definition) is 4. The highest BCUT2D eigenvalue weighted by Gasteiger charge is 2.38. The highest BCUT2D eigenvalue weighted by molar-refractivity contribution is 5.81. The maximum atomic E-state index is 11.5. The zero-order valence-corrected chi connectivity index (χ0v) is 10.8. The van der Waals surface area contributed by atoms with E-state index < -0.39 is 18.2 Å². The zero-order chi connectivity index (χ0) is 13.3. The molecule has 2 aliphatic rings. The van der Waals surface area contributed by atoms with Crippen LogP contribution in [0.3, 0.4) is 0 Å². The van der Waals surface area contributed by atoms with Crippen LogP contribution in [0.5, 0.6) is 0 Å². The Kier molecular flexibility index (Phi) is 3.75. The molecule has 0 aromatic rings. The normalized spacial score (nSPS) is 29.1. The molecular formula is C12H20N2O4. The minimum atomic E-state index is -1.07. The van der Waals surface area contributed by atoms with Crippen molar-refractivity contribution in [3.8, 4) is 0 Å². The van der Waals surface area contributed by atoms with Crippen molar-refractivity contribution in [2.24, 2.45) is 5.92 Å². The molecule has 1 unspecified atom stereocenters. The number of carbonyl (C=O) groups is 2. The minimum Gasteiger partial charge on any atom is -0.478 e. The first kappa shape index (κ1) is 13.1. The van der Waals surface area contributed by atoms with Crippen LogP contribution in [-0.2, 0) is 9.53 Å². The summed E-state index contributed by atoms with van der Waals surface area (Å²) in [7, 11) is 0. The Labute approximate surface area is 106 Å². The summed E-state index contributed by atoms with van der Waals surface area (Å²) in [4.78, 5) is 26.2. The molecule has 1 amide bonds. The molecule has 2 saturated heterocycles. The second-order valence-corrected chi connectivity index (χ2v) is 5.36. The third-order valence-electron chi connectivity index (χ3n) is 3.69. The summed E-state index contributed by atoms with van der Waals surface area (Å²) in [5.74, 6) is -0.645. The summed E-state index contributed by atoms with van der Waals surface area (Å²) in [5, 5.41) is 8.81. The first-order valence-electron chi connectivity index (χ1n) is 6.39. The molecule has 2 atom stereocenters. The second kappa shape index (κ2) is 5.14. The topological polar surface area (TPSA) is 70.1 Å². The van der Waals surface area contributed by atoms with Gasteiger partial charge in [0, 0.05) is 19.1 Å². The Hall–Kier alpha value is -1.30. The van der Waals surface area contributed by atoms with Crippen LogP contribution < -0.4 is 0 Å². The van der Waals surface area contributed by atoms with E-state index in [-0.39, 0.29) is 6.54 Å². The molecule has 6 heteroatoms. The Bertz CT molecular complexity index is 345. The van der Waals surface area contributed by atoms with E-state index in [0.29, 0.717) is 18.5 Å². The molecule has 0 aliphatic carbocycles. The van der Waals surface area contributed by atoms with Gasteiger partial charge >= 0.3 is 12.1 Å². The molecule has 6 nitrogen and oxygen atoms in total. The number of amides is 1. The third-order valence-corrected chi connectivity index (χ3v) is 3.69. The molecule has 1 N–H and O–H groups in total. The van der Waals surface area contributed by atoms with E-state index in [4.69, 9.17) is 9.84 Å². The molecule has 2 fully saturated rings. The summed E-state index contributed by atoms with van der Waals surface area (Å²) in [6.07, 6.45) is -0.440. The first-order valence-corrected chi connectivity index (χ1v) is 6.39. The number of rotatable bonds is 4. The fraction of sp³-hybridized carbons (Fsp3) is 0.833. The molecule has 0 aromatic heterocycles. The maximum absolute atomic E-state index is 11.5. The van der Waals surface area contributed by atoms with Crippen LogP contribution in [0.1, 0.15) is 20.3 Å². The lowest BCUT2D eigenvalue weighted by Crippen LogP contribution is -2.34. The predicted octanol–water partition coefficient (Wildman–Crippen LogP) is 0.622. The molecule has 18 heavy (non-hydrogen) atoms. The monoisotopic (exact) mass is 256 g/mol. The van der Waals surface area contributed by atoms with E-state index in [1.807, 2.05) is 0 Å². The van der Waals surface area contributed by atoms with Crippen LogP contribution in [-0.4, -0.2) is 65.3 Å². The number of hydrogen-bond donors (Lipinski definition) is 1. The SMILES string of the molecule is CC(C)N1CCC(CN2C[C@H](C(=O)O)OC2=O)C1. The highest BCUT2D eigenvalue weighted by Crippen LogP contribution is 2.22. The van der Waals surface area contributed by atoms with Gasteiger partial charge < -0.3 is 19.6 Å². The molecule has 0 radical (unpaired) electrons. The van der Waals surface area contributed by atoms with Crippen molar-refractivity contribution in [3.05, 3.63) is 0 Å². The van der Waals surface area contributed by atoms with Gasteiger partial charge in [-0.3, -0.25) is 0 Å². The van der Waals surface area contributed by atoms with E-state index in [1.54, 1.807) is 0 Å². The lowest BCUT2D eigenvalue weighted by Gasteiger charge is -2.21. The van der Waals surface area contributed by atoms with Crippen molar-refractivity contribution in [2.45, 2.75) is 32.4 Å². The smallest absolute Gasteiger partial charge is 0.410 e. The average molecular weight is 256 g/mol. The minimum absolute atomic E-state index is 0.173. The van der Waals surface area contributed by atoms with E-state index in [2.05, 4.69) is 18.7 Å². The quantitative estimate of drug-likeness (QED) is 0.798. The second-order valence-electron chi connectivity index (χ2n) is 5.36. The van der Waals surface area contributed by atoms with Crippen molar-refractivity contribution in [1.82, 2.24) is 9.80 Å². The van der Waals surface area contributed by atoms with Crippen molar-refractivity contribution >= 4 is 12.1 Å². The summed E-state index contributed by atoms with van der Waals surface area (Å²) in [6, 6.07) is 0.521. The number of ether oxygens (including phenoxy) is 1. The van der Waals surface area contributed by atoms with Crippen LogP contribution in [0.25, 0.3) is 0 Å². The standard InChI is InChI=1S/C12H20N2O4/c1-8(2)13-4-3-9(5-13)6-14-7-10(11(15)16)18-12(14)17/h8-10H,3-7H2,1-2H3,(H,15,16)/t9?,10-/m1/s1. The largest absolute Gasteiger partial charge is 0.478 e. The Morgan fingerprint density at radius 3 is 2.72 bits per heavy atom. The van der Waals surface area contributed by atoms with Crippen molar-refractivity contribution < 1.29 is 19.4 Å². The number of cyclic esters (lactones) is 1. The van der Waals surface area contributed by atoms with Crippen LogP contribution in [0.15, 0.2) is 0 Å². The van der Waals surface area contributed by atoms with Gasteiger partial charge in [0.15, 0.2) is 0 Å². The lowest BCUT2D eigenvalue weighted by molar-refractivity contribution is -0.144. The summed E-state index contributed by atoms with van der Waals surface area (Å²) >= 11 is 0. The molecule has 0 aromatic carbocycles. The van der Waals surface area contributed by atoms with Crippen LogP contribution >= 0.6 is 0 Å². The third kappa shape index (κ3) is 2.75. The molecule has 0 bridgehead atoms. The van der Waals surface area contributed by atoms with Gasteiger partial charge in [-0.2, -0.15) is 0 Å². The molecular weight excluding hydrogens is 236 g/mol. The van der Waals surface area contributed by atoms with Crippen LogP contribution in [0, 0.1) is 5.92 Å². The fourth-order valence-electron chi connectivity index (χ4n) is 2.58. The number of nitrogens with zero attached hydrogens (tertiary/aromatic N) is 2. The van der Waals surface area contributed by atoms with Gasteiger partial charge in [-0.25, -0.2) is 9.59 Å². The van der Waals surface area contributed by atoms with Crippen molar-refractivity contribution in [1.29, 1.82) is 0 Å². The first-order chi connectivity index (χ1) is 8.47. The Morgan fingerprint density at radius 1 is 1.50 bits per heavy atom. The van der Waals surface area contributed by atoms with Crippen molar-refractivity contribution in [3.63, 3.8) is 0 Å². The molecule has 2 rings (SSSR count). The fourth-order valence-corrected chi connectivity index (χ4v) is 2.58. The Balaban J connectivity index is 1.84. The molecule has 0 spiro atoms. The summed E-state index contributed by atoms with van der Waals surface area (Å²) < 4.78 is 4.79. The summed E-state index contributed by atoms with van der Waals surface area (Å²) in [5.41, 5.74) is 0. The van der Waals surface area contributed by atoms with Crippen molar-refractivity contribution in [2.75, 3.05) is 26.2 Å². The average Bonchev–Trinajstić information content (AvgIpc) is 2.87. The van der Waals surface area contributed by atoms with E-state index in [1.165, 1.54) is 4.90 Å². The van der Waals surface area contributed by atoms with Gasteiger partial charge in [0.1, 0.15) is 0 Å². The zero-order valence-electron chi connectivity index (χ0n) is 10.8. The molecule has 0 saturated carbocycles. The van der Waals surface area contributed by atoms with Gasteiger partial charge in [-0.05, 0) is 32.7 Å². The highest BCUT2D eigenvalue weighted by atomic mass is 16.6. The number of carbonyl (C=O) groups excluding carboxylic acids is 1. The molecule has 102 valence electrons. The lowest BCUT2D eigenvalue weighted by atomic mass is 10.1. The van der Waals surface area contributed by atoms with Gasteiger partial charge in [-0.15, -0.1) is 0 Å². The van der Waals surface area contributed by atoms with E-state index in [9.17, 15) is 9.59 Å². The van der Waals surface area contributed by atoms with E-state index in [0.717, 1.165) is 19.5 Å². The maximum Gasteiger partial charge on any atom is 0.410 e. The molecule has 2 heterocycles. The van der Waals surface area contributed by atoms with Crippen LogP contribution in [0.4, 0.5) is 4.79 Å². The van der Waals surface area contributed by atoms with Crippen LogP contribution in [0.2, 0.25) is 0 Å². The number of carboxylic acid groups (broad SMARTS) is 1. The van der Waals surface area contributed by atoms with Gasteiger partial charge in [-0.1, -0.05) is 0 Å². The van der Waals surface area contributed by atoms with Gasteiger partial charge in [0.05, 0.1) is 6.54 Å². The predicted molar refractivity (Wildman–Crippen MR) is 64.3 cm³/mol. The summed E-state index contributed by atoms with van der Waals surface area (Å²) in [6.45, 7) is 7.12. The number of aliphatic carboxylic acids is 1. The van der Waals surface area contributed by atoms with Gasteiger partial charge in [0.2, 0.25) is 6.10 Å². The van der Waals surface area contributed by atoms with Gasteiger partial charge in [0.25, 0.3) is 0 Å².